The summed E-state index contributed by atoms with van der Waals surface area (Å²) in [6.45, 7) is 4.74. The number of carbonyl (C=O) groups is 10. The first-order valence-electron chi connectivity index (χ1n) is 26.2. The highest BCUT2D eigenvalue weighted by molar-refractivity contribution is 6.07. The number of nitrogens with zero attached hydrogens (tertiary/aromatic N) is 1. The molecule has 0 bridgehead atoms. The normalized spacial score (nSPS) is 23.6. The minimum Gasteiger partial charge on any atom is -0.391 e. The average Bonchev–Trinajstić information content (AvgIpc) is 3.37. The van der Waals surface area contributed by atoms with Gasteiger partial charge in [-0.05, 0) is 116 Å². The molecule has 2 rings (SSSR count). The maximum absolute atomic E-state index is 15.1. The van der Waals surface area contributed by atoms with Gasteiger partial charge in [-0.15, -0.1) is 0 Å². The van der Waals surface area contributed by atoms with Crippen LogP contribution in [-0.2, 0) is 54.4 Å². The number of unbranched alkanes of at least 4 members (excludes halogenated alkanes) is 1. The van der Waals surface area contributed by atoms with E-state index in [2.05, 4.69) is 42.5 Å². The summed E-state index contributed by atoms with van der Waals surface area (Å²) < 4.78 is 0. The van der Waals surface area contributed by atoms with Gasteiger partial charge in [-0.1, -0.05) is 50.6 Å². The van der Waals surface area contributed by atoms with Crippen LogP contribution >= 0.6 is 0 Å². The predicted octanol–water partition coefficient (Wildman–Crippen LogP) is -7.15. The third-order valence-corrected chi connectivity index (χ3v) is 12.5. The molecule has 1 saturated heterocycles. The number of rotatable bonds is 25. The molecule has 434 valence electrons. The Labute approximate surface area is 449 Å². The van der Waals surface area contributed by atoms with Gasteiger partial charge >= 0.3 is 0 Å². The fourth-order valence-corrected chi connectivity index (χ4v) is 8.33. The third-order valence-electron chi connectivity index (χ3n) is 12.5. The maximum atomic E-state index is 15.1. The van der Waals surface area contributed by atoms with E-state index in [1.54, 1.807) is 44.2 Å². The summed E-state index contributed by atoms with van der Waals surface area (Å²) in [4.78, 5) is 144. The average molecular weight is 1090 g/mol. The Bertz CT molecular complexity index is 2100. The minimum atomic E-state index is -2.12. The number of carbonyl (C=O) groups excluding carboxylic acids is 10. The lowest BCUT2D eigenvalue weighted by atomic mass is 10.00. The van der Waals surface area contributed by atoms with E-state index in [9.17, 15) is 48.6 Å². The lowest BCUT2D eigenvalue weighted by molar-refractivity contribution is -0.158. The summed E-state index contributed by atoms with van der Waals surface area (Å²) in [7, 11) is 0. The molecule has 28 nitrogen and oxygen atoms in total. The molecule has 1 fully saturated rings. The Morgan fingerprint density at radius 2 is 1.05 bits per heavy atom. The molecule has 1 aromatic carbocycles. The minimum absolute atomic E-state index is 0.0509. The number of hydrogen-bond acceptors (Lipinski definition) is 19. The summed E-state index contributed by atoms with van der Waals surface area (Å²) in [5.74, 6) is -10.9. The molecule has 10 amide bonds. The molecular weight excluding hydrogens is 1000 g/mol. The van der Waals surface area contributed by atoms with Crippen LogP contribution < -0.4 is 82.7 Å². The van der Waals surface area contributed by atoms with Crippen LogP contribution in [0.25, 0.3) is 0 Å². The zero-order valence-electron chi connectivity index (χ0n) is 44.7. The SMILES string of the molecule is CC(C)C[C@@H]1NC(=O)[C@@H](Cc2ccccc2)NC(=O)[C@H](CCN)NC(=O)[C@H](CCN)N(C(=O)[C@H](CCN)NC(=O)[C@@H](NC(=O)[C@@H](N)CCCCN)[C@@H](C)O)C(=O)[C@H]([C@@H](C)O)NC(=O)[C@H](CCN)NC(=O)[C@H](CCN)NC1=O. The smallest absolute Gasteiger partial charge is 0.255 e. The van der Waals surface area contributed by atoms with E-state index in [-0.39, 0.29) is 70.6 Å². The van der Waals surface area contributed by atoms with Crippen molar-refractivity contribution in [3.63, 3.8) is 0 Å². The maximum Gasteiger partial charge on any atom is 0.255 e. The Kier molecular flexibility index (Phi) is 30.0. The van der Waals surface area contributed by atoms with E-state index in [4.69, 9.17) is 40.1 Å². The Morgan fingerprint density at radius 1 is 0.571 bits per heavy atom. The monoisotopic (exact) mass is 1090 g/mol. The molecule has 24 N–H and O–H groups in total. The predicted molar refractivity (Wildman–Crippen MR) is 283 cm³/mol. The molecule has 0 unspecified atom stereocenters. The third kappa shape index (κ3) is 21.6. The molecule has 0 spiro atoms. The van der Waals surface area contributed by atoms with Crippen molar-refractivity contribution in [3.05, 3.63) is 35.9 Å². The van der Waals surface area contributed by atoms with E-state index < -0.39 is 151 Å². The number of aliphatic hydroxyl groups is 2. The Hall–Kier alpha value is -6.24. The molecule has 1 aliphatic heterocycles. The van der Waals surface area contributed by atoms with Crippen molar-refractivity contribution in [1.82, 2.24) is 47.4 Å². The highest BCUT2D eigenvalue weighted by atomic mass is 16.3. The van der Waals surface area contributed by atoms with Crippen molar-refractivity contribution < 1.29 is 58.2 Å². The van der Waals surface area contributed by atoms with Crippen molar-refractivity contribution in [2.75, 3.05) is 39.3 Å². The van der Waals surface area contributed by atoms with Crippen LogP contribution in [0.5, 0.6) is 0 Å². The van der Waals surface area contributed by atoms with Gasteiger partial charge in [0.25, 0.3) is 11.8 Å². The van der Waals surface area contributed by atoms with Gasteiger partial charge < -0.3 is 92.9 Å². The summed E-state index contributed by atoms with van der Waals surface area (Å²) >= 11 is 0. The van der Waals surface area contributed by atoms with Crippen LogP contribution in [0.1, 0.15) is 91.0 Å². The topological polar surface area (TPSA) is 493 Å². The first-order chi connectivity index (χ1) is 36.5. The lowest BCUT2D eigenvalue weighted by Gasteiger charge is -2.36. The fourth-order valence-electron chi connectivity index (χ4n) is 8.33. The molecule has 77 heavy (non-hydrogen) atoms. The van der Waals surface area contributed by atoms with Crippen LogP contribution in [0.15, 0.2) is 30.3 Å². The molecule has 1 aliphatic rings. The van der Waals surface area contributed by atoms with E-state index >= 15 is 9.59 Å². The number of aliphatic hydroxyl groups excluding tert-OH is 2. The van der Waals surface area contributed by atoms with Gasteiger partial charge in [-0.3, -0.25) is 52.8 Å². The molecule has 1 heterocycles. The second kappa shape index (κ2) is 34.5. The van der Waals surface area contributed by atoms with Gasteiger partial charge in [-0.2, -0.15) is 0 Å². The van der Waals surface area contributed by atoms with Gasteiger partial charge in [0.2, 0.25) is 47.3 Å². The van der Waals surface area contributed by atoms with E-state index in [1.807, 2.05) is 0 Å². The van der Waals surface area contributed by atoms with Crippen molar-refractivity contribution >= 4 is 59.1 Å². The molecule has 28 heteroatoms. The van der Waals surface area contributed by atoms with Crippen LogP contribution in [0.2, 0.25) is 0 Å². The Balaban J connectivity index is 2.97. The summed E-state index contributed by atoms with van der Waals surface area (Å²) in [6.07, 6.45) is -4.12. The summed E-state index contributed by atoms with van der Waals surface area (Å²) in [6, 6.07) is -7.65. The molecule has 0 aromatic heterocycles. The van der Waals surface area contributed by atoms with Gasteiger partial charge in [0, 0.05) is 6.42 Å². The molecular formula is C49H86N16O12. The largest absolute Gasteiger partial charge is 0.391 e. The van der Waals surface area contributed by atoms with Crippen LogP contribution in [0, 0.1) is 5.92 Å². The highest BCUT2D eigenvalue weighted by Gasteiger charge is 2.45. The molecule has 1 aromatic rings. The number of hydrogen-bond donors (Lipinski definition) is 17. The van der Waals surface area contributed by atoms with E-state index in [1.165, 1.54) is 6.92 Å². The van der Waals surface area contributed by atoms with Crippen molar-refractivity contribution in [1.29, 1.82) is 0 Å². The second-order valence-corrected chi connectivity index (χ2v) is 19.5. The van der Waals surface area contributed by atoms with Crippen LogP contribution in [-0.4, -0.2) is 186 Å². The van der Waals surface area contributed by atoms with Gasteiger partial charge in [-0.25, -0.2) is 0 Å². The number of nitrogens with one attached hydrogen (secondary N) is 8. The molecule has 0 radical (unpaired) electrons. The van der Waals surface area contributed by atoms with Gasteiger partial charge in [0.15, 0.2) is 0 Å². The zero-order valence-corrected chi connectivity index (χ0v) is 44.7. The summed E-state index contributed by atoms with van der Waals surface area (Å²) in [5, 5.41) is 42.0. The summed E-state index contributed by atoms with van der Waals surface area (Å²) in [5.41, 5.74) is 41.9. The standard InChI is InChI=1S/C49H86N16O12/c1-26(2)24-35-44(72)58-31(13-19-51)41(69)57-33(15-21-53)43(71)64-39(28(4)67)49(77)65(48(76)34(16-22-54)60-47(75)38(27(3)66)63-40(68)30(56)12-8-9-18-50)37(17-23-55)46(74)59-32(14-20-52)42(70)62-36(45(73)61-35)25-29-10-6-5-7-11-29/h5-7,10-11,26-28,30-39,66-67H,8-9,12-25,50-56H2,1-4H3,(H,57,69)(H,58,72)(H,59,74)(H,60,75)(H,61,73)(H,62,70)(H,63,68)(H,64,71)/t27-,28-,30+,31+,32+,33+,34+,35+,36-,37+,38+,39+/m1/s1. The highest BCUT2D eigenvalue weighted by Crippen LogP contribution is 2.17. The lowest BCUT2D eigenvalue weighted by Crippen LogP contribution is -2.66. The van der Waals surface area contributed by atoms with Crippen molar-refractivity contribution in [3.8, 4) is 0 Å². The Morgan fingerprint density at radius 3 is 1.53 bits per heavy atom. The molecule has 0 aliphatic carbocycles. The quantitative estimate of drug-likeness (QED) is 0.0405. The van der Waals surface area contributed by atoms with E-state index in [0.29, 0.717) is 29.8 Å². The number of nitrogens with two attached hydrogens (primary N) is 7. The molecule has 12 atom stereocenters. The zero-order chi connectivity index (χ0) is 57.9. The van der Waals surface area contributed by atoms with Crippen LogP contribution in [0.3, 0.4) is 0 Å². The van der Waals surface area contributed by atoms with Crippen molar-refractivity contribution in [2.24, 2.45) is 46.1 Å². The van der Waals surface area contributed by atoms with Crippen molar-refractivity contribution in [2.45, 2.75) is 165 Å². The second-order valence-electron chi connectivity index (χ2n) is 19.5. The van der Waals surface area contributed by atoms with E-state index in [0.717, 1.165) is 6.92 Å². The van der Waals surface area contributed by atoms with Crippen LogP contribution in [0.4, 0.5) is 0 Å². The first kappa shape index (κ1) is 66.9. The number of amides is 10. The first-order valence-corrected chi connectivity index (χ1v) is 26.2. The number of benzene rings is 1. The van der Waals surface area contributed by atoms with Gasteiger partial charge in [0.1, 0.15) is 54.4 Å². The fraction of sp³-hybridized carbons (Fsp3) is 0.673. The van der Waals surface area contributed by atoms with Gasteiger partial charge in [0.05, 0.1) is 18.2 Å². The number of imide groups is 1. The molecule has 0 saturated carbocycles.